The van der Waals surface area contributed by atoms with E-state index in [-0.39, 0.29) is 48.7 Å². The number of piperazine rings is 1. The summed E-state index contributed by atoms with van der Waals surface area (Å²) in [6.45, 7) is 3.20. The molecule has 1 aromatic carbocycles. The first-order chi connectivity index (χ1) is 14.0. The van der Waals surface area contributed by atoms with Crippen molar-refractivity contribution in [3.8, 4) is 0 Å². The molecule has 0 atom stereocenters. The van der Waals surface area contributed by atoms with Crippen LogP contribution in [0.4, 0.5) is 0 Å². The van der Waals surface area contributed by atoms with Crippen LogP contribution in [0.1, 0.15) is 30.1 Å². The third kappa shape index (κ3) is 4.90. The fourth-order valence-electron chi connectivity index (χ4n) is 3.85. The Morgan fingerprint density at radius 1 is 0.833 bits per heavy atom. The van der Waals surface area contributed by atoms with Gasteiger partial charge in [0.25, 0.3) is 0 Å². The lowest BCUT2D eigenvalue weighted by molar-refractivity contribution is -0.137. The molecule has 166 valence electrons. The average molecular weight is 458 g/mol. The SMILES string of the molecule is CC(=O)c1ccc(S(=O)(=O)N2CCC(C(=O)N3CCN(S(C)(=O)=O)CC3)CC2)cc1. The lowest BCUT2D eigenvalue weighted by atomic mass is 9.96. The van der Waals surface area contributed by atoms with Crippen molar-refractivity contribution >= 4 is 31.7 Å². The van der Waals surface area contributed by atoms with Crippen LogP contribution in [0.2, 0.25) is 0 Å². The predicted octanol–water partition coefficient (Wildman–Crippen LogP) is 0.394. The lowest BCUT2D eigenvalue weighted by Gasteiger charge is -2.37. The number of nitrogens with zero attached hydrogens (tertiary/aromatic N) is 3. The number of amides is 1. The molecule has 0 N–H and O–H groups in total. The van der Waals surface area contributed by atoms with Crippen LogP contribution in [-0.2, 0) is 24.8 Å². The summed E-state index contributed by atoms with van der Waals surface area (Å²) < 4.78 is 51.7. The Kier molecular flexibility index (Phi) is 6.66. The highest BCUT2D eigenvalue weighted by molar-refractivity contribution is 7.89. The third-order valence-corrected chi connectivity index (χ3v) is 8.94. The molecule has 2 saturated heterocycles. The van der Waals surface area contributed by atoms with Crippen molar-refractivity contribution in [1.82, 2.24) is 13.5 Å². The summed E-state index contributed by atoms with van der Waals surface area (Å²) in [7, 11) is -6.93. The number of benzene rings is 1. The molecule has 0 unspecified atom stereocenters. The molecule has 3 rings (SSSR count). The number of ketones is 1. The van der Waals surface area contributed by atoms with Gasteiger partial charge in [-0.1, -0.05) is 12.1 Å². The van der Waals surface area contributed by atoms with E-state index in [1.807, 2.05) is 0 Å². The largest absolute Gasteiger partial charge is 0.340 e. The summed E-state index contributed by atoms with van der Waals surface area (Å²) in [6, 6.07) is 5.87. The predicted molar refractivity (Wildman–Crippen MR) is 111 cm³/mol. The molecule has 0 saturated carbocycles. The zero-order valence-corrected chi connectivity index (χ0v) is 18.8. The number of hydrogen-bond acceptors (Lipinski definition) is 6. The van der Waals surface area contributed by atoms with Crippen LogP contribution in [0.5, 0.6) is 0 Å². The summed E-state index contributed by atoms with van der Waals surface area (Å²) in [6.07, 6.45) is 2.01. The Bertz CT molecular complexity index is 1000. The van der Waals surface area contributed by atoms with Gasteiger partial charge in [0.05, 0.1) is 11.2 Å². The Balaban J connectivity index is 1.57. The summed E-state index contributed by atoms with van der Waals surface area (Å²) >= 11 is 0. The number of hydrogen-bond donors (Lipinski definition) is 0. The van der Waals surface area contributed by atoms with Crippen LogP contribution < -0.4 is 0 Å². The number of carbonyl (C=O) groups excluding carboxylic acids is 2. The van der Waals surface area contributed by atoms with Crippen LogP contribution in [0.25, 0.3) is 0 Å². The first kappa shape index (κ1) is 22.9. The molecule has 2 heterocycles. The van der Waals surface area contributed by atoms with Gasteiger partial charge < -0.3 is 4.90 Å². The molecule has 0 aromatic heterocycles. The Morgan fingerprint density at radius 3 is 1.83 bits per heavy atom. The maximum absolute atomic E-state index is 12.9. The highest BCUT2D eigenvalue weighted by atomic mass is 32.2. The quantitative estimate of drug-likeness (QED) is 0.592. The second-order valence-electron chi connectivity index (χ2n) is 7.75. The molecule has 0 aliphatic carbocycles. The maximum Gasteiger partial charge on any atom is 0.243 e. The second kappa shape index (κ2) is 8.74. The molecule has 2 aliphatic heterocycles. The van der Waals surface area contributed by atoms with Crippen molar-refractivity contribution in [3.63, 3.8) is 0 Å². The summed E-state index contributed by atoms with van der Waals surface area (Å²) in [5, 5.41) is 0. The van der Waals surface area contributed by atoms with E-state index in [9.17, 15) is 26.4 Å². The molecule has 2 fully saturated rings. The van der Waals surface area contributed by atoms with Crippen LogP contribution in [-0.4, -0.2) is 87.6 Å². The van der Waals surface area contributed by atoms with Crippen molar-refractivity contribution in [2.24, 2.45) is 5.92 Å². The Morgan fingerprint density at radius 2 is 1.37 bits per heavy atom. The molecule has 30 heavy (non-hydrogen) atoms. The van der Waals surface area contributed by atoms with E-state index in [4.69, 9.17) is 0 Å². The number of Topliss-reactive ketones (excluding diaryl/α,β-unsaturated/α-hetero) is 1. The fraction of sp³-hybridized carbons (Fsp3) is 0.579. The minimum Gasteiger partial charge on any atom is -0.340 e. The van der Waals surface area contributed by atoms with Gasteiger partial charge in [0, 0.05) is 50.7 Å². The molecule has 0 spiro atoms. The van der Waals surface area contributed by atoms with Gasteiger partial charge in [0.1, 0.15) is 0 Å². The van der Waals surface area contributed by atoms with Crippen LogP contribution in [0.15, 0.2) is 29.2 Å². The molecule has 0 bridgehead atoms. The lowest BCUT2D eigenvalue weighted by Crippen LogP contribution is -2.52. The van der Waals surface area contributed by atoms with E-state index in [1.54, 1.807) is 4.90 Å². The normalized spacial score (nSPS) is 20.3. The molecule has 1 aromatic rings. The molecular weight excluding hydrogens is 430 g/mol. The molecule has 0 radical (unpaired) electrons. The van der Waals surface area contributed by atoms with E-state index < -0.39 is 20.0 Å². The molecule has 9 nitrogen and oxygen atoms in total. The van der Waals surface area contributed by atoms with E-state index >= 15 is 0 Å². The number of sulfonamides is 2. The van der Waals surface area contributed by atoms with E-state index in [0.717, 1.165) is 6.26 Å². The van der Waals surface area contributed by atoms with Gasteiger partial charge >= 0.3 is 0 Å². The fourth-order valence-corrected chi connectivity index (χ4v) is 6.15. The molecule has 11 heteroatoms. The highest BCUT2D eigenvalue weighted by Crippen LogP contribution is 2.26. The topological polar surface area (TPSA) is 112 Å². The van der Waals surface area contributed by atoms with Crippen molar-refractivity contribution in [2.45, 2.75) is 24.7 Å². The minimum absolute atomic E-state index is 0.0361. The third-order valence-electron chi connectivity index (χ3n) is 5.72. The maximum atomic E-state index is 12.9. The van der Waals surface area contributed by atoms with Crippen LogP contribution in [0.3, 0.4) is 0 Å². The van der Waals surface area contributed by atoms with Gasteiger partial charge in [-0.25, -0.2) is 16.8 Å². The number of piperidine rings is 1. The van der Waals surface area contributed by atoms with Gasteiger partial charge in [-0.2, -0.15) is 8.61 Å². The van der Waals surface area contributed by atoms with E-state index in [1.165, 1.54) is 39.8 Å². The smallest absolute Gasteiger partial charge is 0.243 e. The van der Waals surface area contributed by atoms with Crippen LogP contribution in [0, 0.1) is 5.92 Å². The van der Waals surface area contributed by atoms with Gasteiger partial charge in [0.2, 0.25) is 26.0 Å². The van der Waals surface area contributed by atoms with Gasteiger partial charge in [-0.05, 0) is 31.9 Å². The van der Waals surface area contributed by atoms with Gasteiger partial charge in [0.15, 0.2) is 5.78 Å². The summed E-state index contributed by atoms with van der Waals surface area (Å²) in [5.41, 5.74) is 0.453. The van der Waals surface area contributed by atoms with Crippen molar-refractivity contribution < 1.29 is 26.4 Å². The first-order valence-corrected chi connectivity index (χ1v) is 13.1. The molecule has 2 aliphatic rings. The first-order valence-electron chi connectivity index (χ1n) is 9.85. The van der Waals surface area contributed by atoms with E-state index in [0.29, 0.717) is 31.5 Å². The summed E-state index contributed by atoms with van der Waals surface area (Å²) in [5.74, 6) is -0.428. The standard InChI is InChI=1S/C19H27N3O6S2/c1-15(23)16-3-5-18(6-4-16)30(27,28)22-9-7-17(8-10-22)19(24)20-11-13-21(14-12-20)29(2,25)26/h3-6,17H,7-14H2,1-2H3. The average Bonchev–Trinajstić information content (AvgIpc) is 2.73. The Hall–Kier alpha value is -1.82. The zero-order chi connectivity index (χ0) is 22.1. The second-order valence-corrected chi connectivity index (χ2v) is 11.7. The van der Waals surface area contributed by atoms with Crippen molar-refractivity contribution in [1.29, 1.82) is 0 Å². The zero-order valence-electron chi connectivity index (χ0n) is 17.2. The van der Waals surface area contributed by atoms with Gasteiger partial charge in [-0.3, -0.25) is 9.59 Å². The number of rotatable bonds is 5. The Labute approximate surface area is 177 Å². The van der Waals surface area contributed by atoms with Gasteiger partial charge in [-0.15, -0.1) is 0 Å². The van der Waals surface area contributed by atoms with E-state index in [2.05, 4.69) is 0 Å². The molecular formula is C19H27N3O6S2. The molecule has 1 amide bonds. The highest BCUT2D eigenvalue weighted by Gasteiger charge is 2.35. The van der Waals surface area contributed by atoms with Crippen molar-refractivity contribution in [2.75, 3.05) is 45.5 Å². The van der Waals surface area contributed by atoms with Crippen molar-refractivity contribution in [3.05, 3.63) is 29.8 Å². The number of carbonyl (C=O) groups is 2. The minimum atomic E-state index is -3.68. The summed E-state index contributed by atoms with van der Waals surface area (Å²) in [4.78, 5) is 26.0. The monoisotopic (exact) mass is 457 g/mol. The van der Waals surface area contributed by atoms with Crippen LogP contribution >= 0.6 is 0 Å².